The van der Waals surface area contributed by atoms with Crippen LogP contribution in [0.1, 0.15) is 18.1 Å². The molecule has 1 amide bonds. The first-order valence-corrected chi connectivity index (χ1v) is 8.50. The number of nitriles is 1. The van der Waals surface area contributed by atoms with Crippen molar-refractivity contribution in [3.05, 3.63) is 62.7 Å². The lowest BCUT2D eigenvalue weighted by molar-refractivity contribution is -0.112. The van der Waals surface area contributed by atoms with Crippen LogP contribution in [0.2, 0.25) is 0 Å². The van der Waals surface area contributed by atoms with Crippen molar-refractivity contribution < 1.29 is 9.53 Å². The Kier molecular flexibility index (Phi) is 6.38. The van der Waals surface area contributed by atoms with Crippen LogP contribution in [0.5, 0.6) is 5.75 Å². The molecule has 0 atom stereocenters. The number of ether oxygens (including phenoxy) is 1. The molecule has 2 aromatic carbocycles. The van der Waals surface area contributed by atoms with E-state index in [0.29, 0.717) is 11.4 Å². The highest BCUT2D eigenvalue weighted by atomic mass is 127. The molecule has 24 heavy (non-hydrogen) atoms. The van der Waals surface area contributed by atoms with Crippen LogP contribution in [0.15, 0.2) is 48.0 Å². The molecule has 0 bridgehead atoms. The average Bonchev–Trinajstić information content (AvgIpc) is 2.59. The van der Waals surface area contributed by atoms with Gasteiger partial charge in [0.25, 0.3) is 5.91 Å². The summed E-state index contributed by atoms with van der Waals surface area (Å²) in [6.07, 6.45) is 2.49. The van der Waals surface area contributed by atoms with Gasteiger partial charge >= 0.3 is 0 Å². The lowest BCUT2D eigenvalue weighted by Crippen LogP contribution is -2.13. The summed E-state index contributed by atoms with van der Waals surface area (Å²) in [5.74, 6) is 0.251. The number of benzene rings is 2. The molecule has 0 unspecified atom stereocenters. The Morgan fingerprint density at radius 2 is 2.00 bits per heavy atom. The molecule has 0 fully saturated rings. The van der Waals surface area contributed by atoms with Crippen molar-refractivity contribution in [3.8, 4) is 11.8 Å². The van der Waals surface area contributed by atoms with E-state index >= 15 is 0 Å². The van der Waals surface area contributed by atoms with Crippen LogP contribution in [-0.2, 0) is 11.2 Å². The van der Waals surface area contributed by atoms with Crippen molar-refractivity contribution in [1.82, 2.24) is 0 Å². The standard InChI is InChI=1S/C19H17IN2O2/c1-3-13-4-6-17(7-5-13)22-19(23)15(12-21)8-14-9-16(20)11-18(10-14)24-2/h4-11H,3H2,1-2H3,(H,22,23)/b15-8+. The summed E-state index contributed by atoms with van der Waals surface area (Å²) >= 11 is 2.16. The van der Waals surface area contributed by atoms with Crippen LogP contribution >= 0.6 is 22.6 Å². The number of nitrogens with one attached hydrogen (secondary N) is 1. The van der Waals surface area contributed by atoms with Crippen molar-refractivity contribution in [1.29, 1.82) is 5.26 Å². The molecule has 0 aliphatic heterocycles. The molecule has 0 radical (unpaired) electrons. The SMILES string of the molecule is CCc1ccc(NC(=O)/C(C#N)=C/c2cc(I)cc(OC)c2)cc1. The number of methoxy groups -OCH3 is 1. The molecular formula is C19H17IN2O2. The van der Waals surface area contributed by atoms with E-state index in [1.807, 2.05) is 42.5 Å². The zero-order chi connectivity index (χ0) is 17.5. The topological polar surface area (TPSA) is 62.1 Å². The molecule has 0 saturated carbocycles. The molecule has 5 heteroatoms. The number of hydrogen-bond donors (Lipinski definition) is 1. The molecule has 0 saturated heterocycles. The average molecular weight is 432 g/mol. The number of amides is 1. The highest BCUT2D eigenvalue weighted by Gasteiger charge is 2.10. The van der Waals surface area contributed by atoms with Gasteiger partial charge in [0, 0.05) is 9.26 Å². The monoisotopic (exact) mass is 432 g/mol. The van der Waals surface area contributed by atoms with E-state index in [1.54, 1.807) is 19.3 Å². The van der Waals surface area contributed by atoms with E-state index < -0.39 is 5.91 Å². The fourth-order valence-corrected chi connectivity index (χ4v) is 2.79. The summed E-state index contributed by atoms with van der Waals surface area (Å²) in [7, 11) is 1.58. The van der Waals surface area contributed by atoms with E-state index in [1.165, 1.54) is 5.56 Å². The van der Waals surface area contributed by atoms with Crippen molar-refractivity contribution in [2.45, 2.75) is 13.3 Å². The van der Waals surface area contributed by atoms with E-state index in [2.05, 4.69) is 34.8 Å². The zero-order valence-corrected chi connectivity index (χ0v) is 15.6. The number of carbonyl (C=O) groups excluding carboxylic acids is 1. The van der Waals surface area contributed by atoms with Crippen LogP contribution in [0.3, 0.4) is 0 Å². The molecule has 0 aliphatic carbocycles. The van der Waals surface area contributed by atoms with Gasteiger partial charge in [0.1, 0.15) is 17.4 Å². The minimum atomic E-state index is -0.431. The van der Waals surface area contributed by atoms with Crippen molar-refractivity contribution in [2.24, 2.45) is 0 Å². The molecule has 0 spiro atoms. The minimum Gasteiger partial charge on any atom is -0.497 e. The molecule has 0 aromatic heterocycles. The maximum absolute atomic E-state index is 12.3. The van der Waals surface area contributed by atoms with Gasteiger partial charge in [-0.1, -0.05) is 19.1 Å². The maximum atomic E-state index is 12.3. The van der Waals surface area contributed by atoms with Gasteiger partial charge in [0.05, 0.1) is 7.11 Å². The fraction of sp³-hybridized carbons (Fsp3) is 0.158. The lowest BCUT2D eigenvalue weighted by Gasteiger charge is -2.06. The van der Waals surface area contributed by atoms with Crippen molar-refractivity contribution in [2.75, 3.05) is 12.4 Å². The van der Waals surface area contributed by atoms with Crippen LogP contribution in [0.4, 0.5) is 5.69 Å². The quantitative estimate of drug-likeness (QED) is 0.433. The van der Waals surface area contributed by atoms with Crippen LogP contribution < -0.4 is 10.1 Å². The van der Waals surface area contributed by atoms with E-state index in [0.717, 1.165) is 15.6 Å². The number of carbonyl (C=O) groups is 1. The first kappa shape index (κ1) is 18.0. The van der Waals surface area contributed by atoms with Gasteiger partial charge in [0.2, 0.25) is 0 Å². The summed E-state index contributed by atoms with van der Waals surface area (Å²) in [6.45, 7) is 2.07. The molecule has 2 aromatic rings. The Balaban J connectivity index is 2.22. The van der Waals surface area contributed by atoms with E-state index in [-0.39, 0.29) is 5.57 Å². The highest BCUT2D eigenvalue weighted by Crippen LogP contribution is 2.21. The number of rotatable bonds is 5. The Morgan fingerprint density at radius 3 is 2.58 bits per heavy atom. The Morgan fingerprint density at radius 1 is 1.29 bits per heavy atom. The largest absolute Gasteiger partial charge is 0.497 e. The Hall–Kier alpha value is -2.33. The number of aryl methyl sites for hydroxylation is 1. The molecule has 0 heterocycles. The molecule has 122 valence electrons. The van der Waals surface area contributed by atoms with Crippen molar-refractivity contribution in [3.63, 3.8) is 0 Å². The predicted molar refractivity (Wildman–Crippen MR) is 104 cm³/mol. The summed E-state index contributed by atoms with van der Waals surface area (Å²) in [5.41, 5.74) is 2.64. The van der Waals surface area contributed by atoms with Gasteiger partial charge < -0.3 is 10.1 Å². The maximum Gasteiger partial charge on any atom is 0.266 e. The second-order valence-electron chi connectivity index (χ2n) is 5.10. The second kappa shape index (κ2) is 8.50. The first-order valence-electron chi connectivity index (χ1n) is 7.42. The van der Waals surface area contributed by atoms with Gasteiger partial charge in [-0.15, -0.1) is 0 Å². The number of halogens is 1. The summed E-state index contributed by atoms with van der Waals surface area (Å²) < 4.78 is 6.18. The summed E-state index contributed by atoms with van der Waals surface area (Å²) in [6, 6.07) is 15.1. The Bertz CT molecular complexity index is 805. The van der Waals surface area contributed by atoms with Crippen molar-refractivity contribution >= 4 is 40.3 Å². The Labute approximate surface area is 155 Å². The fourth-order valence-electron chi connectivity index (χ4n) is 2.12. The normalized spacial score (nSPS) is 10.8. The number of hydrogen-bond acceptors (Lipinski definition) is 3. The predicted octanol–water partition coefficient (Wildman–Crippen LogP) is 4.41. The molecule has 2 rings (SSSR count). The third-order valence-corrected chi connectivity index (χ3v) is 4.05. The summed E-state index contributed by atoms with van der Waals surface area (Å²) in [4.78, 5) is 12.3. The van der Waals surface area contributed by atoms with Gasteiger partial charge in [-0.3, -0.25) is 4.79 Å². The minimum absolute atomic E-state index is 0.0404. The third-order valence-electron chi connectivity index (χ3n) is 3.43. The summed E-state index contributed by atoms with van der Waals surface area (Å²) in [5, 5.41) is 12.0. The molecule has 4 nitrogen and oxygen atoms in total. The number of nitrogens with zero attached hydrogens (tertiary/aromatic N) is 1. The van der Waals surface area contributed by atoms with Crippen LogP contribution in [0.25, 0.3) is 6.08 Å². The van der Waals surface area contributed by atoms with Crippen LogP contribution in [0, 0.1) is 14.9 Å². The van der Waals surface area contributed by atoms with Gasteiger partial charge in [-0.2, -0.15) is 5.26 Å². The van der Waals surface area contributed by atoms with Gasteiger partial charge in [-0.05, 0) is 76.5 Å². The molecule has 0 aliphatic rings. The molecule has 1 N–H and O–H groups in total. The molecular weight excluding hydrogens is 415 g/mol. The second-order valence-corrected chi connectivity index (χ2v) is 6.34. The zero-order valence-electron chi connectivity index (χ0n) is 13.5. The van der Waals surface area contributed by atoms with E-state index in [9.17, 15) is 10.1 Å². The van der Waals surface area contributed by atoms with Gasteiger partial charge in [-0.25, -0.2) is 0 Å². The lowest BCUT2D eigenvalue weighted by atomic mass is 10.1. The first-order chi connectivity index (χ1) is 11.5. The van der Waals surface area contributed by atoms with E-state index in [4.69, 9.17) is 4.74 Å². The smallest absolute Gasteiger partial charge is 0.266 e. The van der Waals surface area contributed by atoms with Crippen LogP contribution in [-0.4, -0.2) is 13.0 Å². The third kappa shape index (κ3) is 4.83. The highest BCUT2D eigenvalue weighted by molar-refractivity contribution is 14.1. The van der Waals surface area contributed by atoms with Gasteiger partial charge in [0.15, 0.2) is 0 Å². The number of anilines is 1.